The van der Waals surface area contributed by atoms with Crippen LogP contribution in [0.1, 0.15) is 12.5 Å². The van der Waals surface area contributed by atoms with Crippen LogP contribution in [0.4, 0.5) is 0 Å². The summed E-state index contributed by atoms with van der Waals surface area (Å²) in [6.45, 7) is 2.23. The van der Waals surface area contributed by atoms with Gasteiger partial charge < -0.3 is 15.4 Å². The third-order valence-corrected chi connectivity index (χ3v) is 2.71. The Labute approximate surface area is 117 Å². The quantitative estimate of drug-likeness (QED) is 0.768. The van der Waals surface area contributed by atoms with Crippen LogP contribution in [0.3, 0.4) is 0 Å². The van der Waals surface area contributed by atoms with Crippen LogP contribution in [0.15, 0.2) is 24.3 Å². The summed E-state index contributed by atoms with van der Waals surface area (Å²) in [5.41, 5.74) is 1.04. The number of esters is 1. The molecule has 1 atom stereocenters. The fraction of sp³-hybridized carbons (Fsp3) is 0.385. The number of amides is 1. The molecule has 6 heteroatoms. The molecule has 0 saturated heterocycles. The van der Waals surface area contributed by atoms with Crippen molar-refractivity contribution in [2.24, 2.45) is 0 Å². The molecule has 0 aliphatic rings. The van der Waals surface area contributed by atoms with Crippen LogP contribution in [-0.4, -0.2) is 31.6 Å². The SMILES string of the molecule is COC(=O)C(CNCc1ccc(Cl)cc1)NC(C)=O. The average molecular weight is 285 g/mol. The predicted molar refractivity (Wildman–Crippen MR) is 72.8 cm³/mol. The fourth-order valence-electron chi connectivity index (χ4n) is 1.54. The summed E-state index contributed by atoms with van der Waals surface area (Å²) in [6.07, 6.45) is 0. The molecule has 1 rings (SSSR count). The first-order chi connectivity index (χ1) is 9.02. The van der Waals surface area contributed by atoms with Gasteiger partial charge in [0.25, 0.3) is 0 Å². The van der Waals surface area contributed by atoms with E-state index >= 15 is 0 Å². The van der Waals surface area contributed by atoms with Crippen molar-refractivity contribution in [3.05, 3.63) is 34.9 Å². The highest BCUT2D eigenvalue weighted by Crippen LogP contribution is 2.09. The van der Waals surface area contributed by atoms with Crippen molar-refractivity contribution < 1.29 is 14.3 Å². The van der Waals surface area contributed by atoms with Crippen molar-refractivity contribution in [2.45, 2.75) is 19.5 Å². The van der Waals surface area contributed by atoms with E-state index in [4.69, 9.17) is 11.6 Å². The molecule has 1 unspecified atom stereocenters. The Balaban J connectivity index is 2.45. The van der Waals surface area contributed by atoms with E-state index < -0.39 is 12.0 Å². The molecule has 0 aliphatic heterocycles. The summed E-state index contributed by atoms with van der Waals surface area (Å²) in [6, 6.07) is 6.69. The molecular weight excluding hydrogens is 268 g/mol. The predicted octanol–water partition coefficient (Wildman–Crippen LogP) is 1.11. The van der Waals surface area contributed by atoms with Crippen molar-refractivity contribution in [1.29, 1.82) is 0 Å². The molecule has 1 amide bonds. The van der Waals surface area contributed by atoms with Gasteiger partial charge in [-0.2, -0.15) is 0 Å². The molecule has 0 radical (unpaired) electrons. The lowest BCUT2D eigenvalue weighted by atomic mass is 10.2. The zero-order valence-electron chi connectivity index (χ0n) is 10.9. The summed E-state index contributed by atoms with van der Waals surface area (Å²) in [5.74, 6) is -0.748. The monoisotopic (exact) mass is 284 g/mol. The van der Waals surface area contributed by atoms with E-state index in [1.807, 2.05) is 12.1 Å². The summed E-state index contributed by atoms with van der Waals surface area (Å²) >= 11 is 5.78. The first-order valence-corrected chi connectivity index (χ1v) is 6.21. The molecule has 19 heavy (non-hydrogen) atoms. The van der Waals surface area contributed by atoms with E-state index in [1.165, 1.54) is 14.0 Å². The standard InChI is InChI=1S/C13H17ClN2O3/c1-9(17)16-12(13(18)19-2)8-15-7-10-3-5-11(14)6-4-10/h3-6,12,15H,7-8H2,1-2H3,(H,16,17). The van der Waals surface area contributed by atoms with Gasteiger partial charge in [-0.15, -0.1) is 0 Å². The molecular formula is C13H17ClN2O3. The zero-order valence-corrected chi connectivity index (χ0v) is 11.7. The molecule has 2 N–H and O–H groups in total. The number of hydrogen-bond donors (Lipinski definition) is 2. The summed E-state index contributed by atoms with van der Waals surface area (Å²) in [4.78, 5) is 22.4. The maximum absolute atomic E-state index is 11.4. The number of carbonyl (C=O) groups is 2. The molecule has 1 aromatic carbocycles. The number of hydrogen-bond acceptors (Lipinski definition) is 4. The van der Waals surface area contributed by atoms with Gasteiger partial charge in [0, 0.05) is 25.0 Å². The molecule has 0 aliphatic carbocycles. The number of methoxy groups -OCH3 is 1. The number of carbonyl (C=O) groups excluding carboxylic acids is 2. The van der Waals surface area contributed by atoms with Crippen LogP contribution >= 0.6 is 11.6 Å². The Morgan fingerprint density at radius 1 is 1.32 bits per heavy atom. The maximum atomic E-state index is 11.4. The van der Waals surface area contributed by atoms with E-state index in [0.717, 1.165) is 5.56 Å². The Bertz CT molecular complexity index is 434. The topological polar surface area (TPSA) is 67.4 Å². The van der Waals surface area contributed by atoms with Crippen molar-refractivity contribution in [2.75, 3.05) is 13.7 Å². The average Bonchev–Trinajstić information content (AvgIpc) is 2.38. The van der Waals surface area contributed by atoms with Crippen molar-refractivity contribution in [1.82, 2.24) is 10.6 Å². The molecule has 0 aromatic heterocycles. The van der Waals surface area contributed by atoms with Crippen molar-refractivity contribution in [3.8, 4) is 0 Å². The summed E-state index contributed by atoms with van der Waals surface area (Å²) in [7, 11) is 1.29. The molecule has 104 valence electrons. The highest BCUT2D eigenvalue weighted by atomic mass is 35.5. The number of ether oxygens (including phenoxy) is 1. The van der Waals surface area contributed by atoms with E-state index in [-0.39, 0.29) is 5.91 Å². The van der Waals surface area contributed by atoms with E-state index in [0.29, 0.717) is 18.1 Å². The Morgan fingerprint density at radius 3 is 2.47 bits per heavy atom. The van der Waals surface area contributed by atoms with Gasteiger partial charge in [-0.25, -0.2) is 4.79 Å². The van der Waals surface area contributed by atoms with Gasteiger partial charge >= 0.3 is 5.97 Å². The van der Waals surface area contributed by atoms with Gasteiger partial charge in [0.05, 0.1) is 7.11 Å². The minimum atomic E-state index is -0.685. The highest BCUT2D eigenvalue weighted by molar-refractivity contribution is 6.30. The third kappa shape index (κ3) is 5.72. The molecule has 0 bridgehead atoms. The van der Waals surface area contributed by atoms with Crippen molar-refractivity contribution >= 4 is 23.5 Å². The molecule has 0 saturated carbocycles. The third-order valence-electron chi connectivity index (χ3n) is 2.45. The molecule has 0 heterocycles. The van der Waals surface area contributed by atoms with Gasteiger partial charge in [0.2, 0.25) is 5.91 Å². The largest absolute Gasteiger partial charge is 0.467 e. The second-order valence-electron chi connectivity index (χ2n) is 4.03. The Kier molecular flexibility index (Phi) is 6.32. The molecule has 5 nitrogen and oxygen atoms in total. The lowest BCUT2D eigenvalue weighted by Crippen LogP contribution is -2.46. The van der Waals surface area contributed by atoms with Gasteiger partial charge in [0.1, 0.15) is 6.04 Å². The minimum absolute atomic E-state index is 0.274. The van der Waals surface area contributed by atoms with Crippen LogP contribution in [-0.2, 0) is 20.9 Å². The lowest BCUT2D eigenvalue weighted by molar-refractivity contribution is -0.144. The first-order valence-electron chi connectivity index (χ1n) is 5.83. The van der Waals surface area contributed by atoms with Crippen LogP contribution in [0.25, 0.3) is 0 Å². The number of nitrogens with one attached hydrogen (secondary N) is 2. The molecule has 1 aromatic rings. The van der Waals surface area contributed by atoms with Crippen LogP contribution < -0.4 is 10.6 Å². The molecule has 0 spiro atoms. The first kappa shape index (κ1) is 15.5. The van der Waals surface area contributed by atoms with Crippen LogP contribution in [0.5, 0.6) is 0 Å². The fourth-order valence-corrected chi connectivity index (χ4v) is 1.67. The normalized spacial score (nSPS) is 11.7. The second-order valence-corrected chi connectivity index (χ2v) is 4.47. The van der Waals surface area contributed by atoms with Crippen molar-refractivity contribution in [3.63, 3.8) is 0 Å². The van der Waals surface area contributed by atoms with Gasteiger partial charge in [-0.1, -0.05) is 23.7 Å². The Hall–Kier alpha value is -1.59. The van der Waals surface area contributed by atoms with Gasteiger partial charge in [0.15, 0.2) is 0 Å². The smallest absolute Gasteiger partial charge is 0.329 e. The van der Waals surface area contributed by atoms with E-state index in [1.54, 1.807) is 12.1 Å². The lowest BCUT2D eigenvalue weighted by Gasteiger charge is -2.16. The number of rotatable bonds is 6. The zero-order chi connectivity index (χ0) is 14.3. The minimum Gasteiger partial charge on any atom is -0.467 e. The number of benzene rings is 1. The van der Waals surface area contributed by atoms with Gasteiger partial charge in [-0.05, 0) is 17.7 Å². The Morgan fingerprint density at radius 2 is 1.95 bits per heavy atom. The summed E-state index contributed by atoms with van der Waals surface area (Å²) in [5, 5.41) is 6.29. The molecule has 0 fully saturated rings. The maximum Gasteiger partial charge on any atom is 0.329 e. The van der Waals surface area contributed by atoms with E-state index in [9.17, 15) is 9.59 Å². The van der Waals surface area contributed by atoms with Gasteiger partial charge in [-0.3, -0.25) is 4.79 Å². The van der Waals surface area contributed by atoms with Crippen LogP contribution in [0.2, 0.25) is 5.02 Å². The number of halogens is 1. The van der Waals surface area contributed by atoms with E-state index in [2.05, 4.69) is 15.4 Å². The summed E-state index contributed by atoms with van der Waals surface area (Å²) < 4.78 is 4.62. The highest BCUT2D eigenvalue weighted by Gasteiger charge is 2.19. The van der Waals surface area contributed by atoms with Crippen LogP contribution in [0, 0.1) is 0 Å². The second kappa shape index (κ2) is 7.76.